The Bertz CT molecular complexity index is 404. The van der Waals surface area contributed by atoms with Gasteiger partial charge in [0, 0.05) is 7.11 Å². The molecule has 4 heteroatoms. The molecule has 3 nitrogen and oxygen atoms in total. The number of ether oxygens (including phenoxy) is 2. The summed E-state index contributed by atoms with van der Waals surface area (Å²) in [5.74, 6) is 0.854. The third kappa shape index (κ3) is 2.41. The third-order valence-corrected chi connectivity index (χ3v) is 3.58. The van der Waals surface area contributed by atoms with Gasteiger partial charge in [0.2, 0.25) is 0 Å². The van der Waals surface area contributed by atoms with Crippen LogP contribution in [0.25, 0.3) is 0 Å². The van der Waals surface area contributed by atoms with Gasteiger partial charge in [-0.15, -0.1) is 0 Å². The number of methoxy groups -OCH3 is 2. The summed E-state index contributed by atoms with van der Waals surface area (Å²) in [6, 6.07) is 5.38. The van der Waals surface area contributed by atoms with E-state index < -0.39 is 5.60 Å². The van der Waals surface area contributed by atoms with Crippen molar-refractivity contribution in [1.82, 2.24) is 0 Å². The molecule has 94 valence electrons. The lowest BCUT2D eigenvalue weighted by Gasteiger charge is -2.28. The summed E-state index contributed by atoms with van der Waals surface area (Å²) in [5.41, 5.74) is -0.116. The number of rotatable bonds is 5. The van der Waals surface area contributed by atoms with E-state index in [9.17, 15) is 5.11 Å². The fourth-order valence-corrected chi connectivity index (χ4v) is 2.34. The molecule has 17 heavy (non-hydrogen) atoms. The molecule has 1 saturated carbocycles. The highest BCUT2D eigenvalue weighted by Crippen LogP contribution is 2.47. The molecule has 0 aromatic heterocycles. The fraction of sp³-hybridized carbons (Fsp3) is 0.538. The van der Waals surface area contributed by atoms with Gasteiger partial charge in [0.1, 0.15) is 11.4 Å². The maximum atomic E-state index is 10.7. The second kappa shape index (κ2) is 4.84. The monoisotopic (exact) mass is 256 g/mol. The molecule has 0 bridgehead atoms. The Hall–Kier alpha value is -0.770. The van der Waals surface area contributed by atoms with Crippen molar-refractivity contribution in [2.24, 2.45) is 5.92 Å². The van der Waals surface area contributed by atoms with Gasteiger partial charge < -0.3 is 14.6 Å². The van der Waals surface area contributed by atoms with Crippen LogP contribution in [0.2, 0.25) is 5.02 Å². The highest BCUT2D eigenvalue weighted by atomic mass is 35.5. The van der Waals surface area contributed by atoms with E-state index in [-0.39, 0.29) is 5.92 Å². The van der Waals surface area contributed by atoms with Crippen molar-refractivity contribution in [1.29, 1.82) is 0 Å². The van der Waals surface area contributed by atoms with Crippen molar-refractivity contribution in [3.05, 3.63) is 28.8 Å². The first-order valence-electron chi connectivity index (χ1n) is 5.67. The summed E-state index contributed by atoms with van der Waals surface area (Å²) in [6.07, 6.45) is 2.07. The molecule has 2 rings (SSSR count). The molecule has 1 N–H and O–H groups in total. The molecule has 1 atom stereocenters. The molecule has 0 heterocycles. The lowest BCUT2D eigenvalue weighted by atomic mass is 9.89. The van der Waals surface area contributed by atoms with Crippen molar-refractivity contribution < 1.29 is 14.6 Å². The van der Waals surface area contributed by atoms with E-state index in [4.69, 9.17) is 21.1 Å². The molecule has 0 aliphatic heterocycles. The minimum absolute atomic E-state index is 0.272. The molecular formula is C13H17ClO3. The second-order valence-electron chi connectivity index (χ2n) is 4.48. The Morgan fingerprint density at radius 1 is 1.41 bits per heavy atom. The zero-order chi connectivity index (χ0) is 12.5. The van der Waals surface area contributed by atoms with Crippen LogP contribution in [0.3, 0.4) is 0 Å². The molecule has 0 radical (unpaired) electrons. The summed E-state index contributed by atoms with van der Waals surface area (Å²) in [5, 5.41) is 11.3. The summed E-state index contributed by atoms with van der Waals surface area (Å²) >= 11 is 5.98. The Kier molecular flexibility index (Phi) is 3.61. The van der Waals surface area contributed by atoms with E-state index >= 15 is 0 Å². The summed E-state index contributed by atoms with van der Waals surface area (Å²) in [7, 11) is 3.16. The predicted octanol–water partition coefficient (Wildman–Crippen LogP) is 2.59. The Morgan fingerprint density at radius 3 is 2.65 bits per heavy atom. The Morgan fingerprint density at radius 2 is 2.12 bits per heavy atom. The highest BCUT2D eigenvalue weighted by molar-refractivity contribution is 6.32. The standard InChI is InChI=1S/C13H17ClO3/c1-16-8-13(15,9-3-4-9)10-5-6-11(14)12(7-10)17-2/h5-7,9,15H,3-4,8H2,1-2H3. The van der Waals surface area contributed by atoms with E-state index in [2.05, 4.69) is 0 Å². The van der Waals surface area contributed by atoms with Crippen LogP contribution in [0.4, 0.5) is 0 Å². The van der Waals surface area contributed by atoms with Crippen LogP contribution < -0.4 is 4.74 Å². The van der Waals surface area contributed by atoms with Gasteiger partial charge >= 0.3 is 0 Å². The highest BCUT2D eigenvalue weighted by Gasteiger charge is 2.45. The van der Waals surface area contributed by atoms with Gasteiger partial charge in [-0.05, 0) is 36.5 Å². The minimum Gasteiger partial charge on any atom is -0.495 e. The SMILES string of the molecule is COCC(O)(c1ccc(Cl)c(OC)c1)C1CC1. The topological polar surface area (TPSA) is 38.7 Å². The number of aliphatic hydroxyl groups is 1. The van der Waals surface area contributed by atoms with Crippen molar-refractivity contribution >= 4 is 11.6 Å². The van der Waals surface area contributed by atoms with Gasteiger partial charge in [-0.2, -0.15) is 0 Å². The summed E-state index contributed by atoms with van der Waals surface area (Å²) in [6.45, 7) is 0.294. The van der Waals surface area contributed by atoms with Crippen LogP contribution >= 0.6 is 11.6 Å². The van der Waals surface area contributed by atoms with E-state index in [0.717, 1.165) is 18.4 Å². The third-order valence-electron chi connectivity index (χ3n) is 3.27. The van der Waals surface area contributed by atoms with Gasteiger partial charge in [0.25, 0.3) is 0 Å². The van der Waals surface area contributed by atoms with Gasteiger partial charge in [-0.25, -0.2) is 0 Å². The van der Waals surface area contributed by atoms with E-state index in [1.165, 1.54) is 0 Å². The molecule has 0 spiro atoms. The molecule has 1 unspecified atom stereocenters. The van der Waals surface area contributed by atoms with Crippen LogP contribution in [0.15, 0.2) is 18.2 Å². The predicted molar refractivity (Wildman–Crippen MR) is 66.5 cm³/mol. The Balaban J connectivity index is 2.35. The zero-order valence-corrected chi connectivity index (χ0v) is 10.8. The molecule has 0 amide bonds. The molecule has 1 fully saturated rings. The number of benzene rings is 1. The van der Waals surface area contributed by atoms with Crippen LogP contribution in [0.5, 0.6) is 5.75 Å². The number of halogens is 1. The van der Waals surface area contributed by atoms with E-state index in [1.807, 2.05) is 6.07 Å². The van der Waals surface area contributed by atoms with E-state index in [0.29, 0.717) is 17.4 Å². The average Bonchev–Trinajstić information content (AvgIpc) is 3.14. The molecule has 1 aromatic carbocycles. The van der Waals surface area contributed by atoms with Crippen molar-refractivity contribution in [2.75, 3.05) is 20.8 Å². The first-order chi connectivity index (χ1) is 8.11. The largest absolute Gasteiger partial charge is 0.495 e. The van der Waals surface area contributed by atoms with E-state index in [1.54, 1.807) is 26.4 Å². The lowest BCUT2D eigenvalue weighted by Crippen LogP contribution is -2.33. The number of hydrogen-bond acceptors (Lipinski definition) is 3. The second-order valence-corrected chi connectivity index (χ2v) is 4.89. The average molecular weight is 257 g/mol. The van der Waals surface area contributed by atoms with Crippen LogP contribution in [-0.2, 0) is 10.3 Å². The molecule has 1 aliphatic rings. The van der Waals surface area contributed by atoms with Crippen molar-refractivity contribution in [3.8, 4) is 5.75 Å². The van der Waals surface area contributed by atoms with Crippen LogP contribution in [0.1, 0.15) is 18.4 Å². The molecule has 0 saturated heterocycles. The van der Waals surface area contributed by atoms with Crippen molar-refractivity contribution in [3.63, 3.8) is 0 Å². The summed E-state index contributed by atoms with van der Waals surface area (Å²) in [4.78, 5) is 0. The normalized spacial score (nSPS) is 18.8. The Labute approximate surface area is 106 Å². The number of hydrogen-bond donors (Lipinski definition) is 1. The maximum absolute atomic E-state index is 10.7. The minimum atomic E-state index is -0.924. The van der Waals surface area contributed by atoms with Gasteiger partial charge in [-0.3, -0.25) is 0 Å². The van der Waals surface area contributed by atoms with Crippen molar-refractivity contribution in [2.45, 2.75) is 18.4 Å². The molecule has 1 aromatic rings. The quantitative estimate of drug-likeness (QED) is 0.880. The molecular weight excluding hydrogens is 240 g/mol. The lowest BCUT2D eigenvalue weighted by molar-refractivity contribution is -0.0533. The smallest absolute Gasteiger partial charge is 0.137 e. The zero-order valence-electron chi connectivity index (χ0n) is 10.1. The van der Waals surface area contributed by atoms with Crippen LogP contribution in [-0.4, -0.2) is 25.9 Å². The first-order valence-corrected chi connectivity index (χ1v) is 6.05. The van der Waals surface area contributed by atoms with Gasteiger partial charge in [0.15, 0.2) is 0 Å². The van der Waals surface area contributed by atoms with Gasteiger partial charge in [0.05, 0.1) is 18.7 Å². The summed E-state index contributed by atoms with van der Waals surface area (Å²) < 4.78 is 10.3. The fourth-order valence-electron chi connectivity index (χ4n) is 2.15. The molecule has 1 aliphatic carbocycles. The van der Waals surface area contributed by atoms with Gasteiger partial charge in [-0.1, -0.05) is 17.7 Å². The first kappa shape index (κ1) is 12.7. The van der Waals surface area contributed by atoms with Crippen LogP contribution in [0, 0.1) is 5.92 Å². The maximum Gasteiger partial charge on any atom is 0.137 e.